The second kappa shape index (κ2) is 8.43. The Hall–Kier alpha value is -2.54. The second-order valence-electron chi connectivity index (χ2n) is 6.51. The molecular formula is C20H25N3O3S. The molecule has 27 heavy (non-hydrogen) atoms. The zero-order valence-corrected chi connectivity index (χ0v) is 16.5. The van der Waals surface area contributed by atoms with Crippen LogP contribution in [0.5, 0.6) is 5.75 Å². The highest BCUT2D eigenvalue weighted by atomic mass is 32.2. The lowest BCUT2D eigenvalue weighted by Gasteiger charge is -2.31. The van der Waals surface area contributed by atoms with E-state index in [1.807, 2.05) is 0 Å². The lowest BCUT2D eigenvalue weighted by atomic mass is 10.0. The SMILES string of the molecule is CN=C(NCCOc1ccc(S(C)(=O)=O)cc1)N1CCc2ccccc2C1. The number of rotatable bonds is 5. The van der Waals surface area contributed by atoms with Gasteiger partial charge in [0, 0.05) is 26.4 Å². The van der Waals surface area contributed by atoms with Gasteiger partial charge < -0.3 is 15.0 Å². The summed E-state index contributed by atoms with van der Waals surface area (Å²) < 4.78 is 28.6. The smallest absolute Gasteiger partial charge is 0.194 e. The van der Waals surface area contributed by atoms with Crippen LogP contribution in [0.2, 0.25) is 0 Å². The molecule has 1 aliphatic rings. The molecule has 6 nitrogen and oxygen atoms in total. The quantitative estimate of drug-likeness (QED) is 0.483. The van der Waals surface area contributed by atoms with Crippen molar-refractivity contribution in [3.8, 4) is 5.75 Å². The molecule has 0 aliphatic carbocycles. The minimum absolute atomic E-state index is 0.291. The molecular weight excluding hydrogens is 362 g/mol. The van der Waals surface area contributed by atoms with Gasteiger partial charge in [0.15, 0.2) is 15.8 Å². The monoisotopic (exact) mass is 387 g/mol. The lowest BCUT2D eigenvalue weighted by molar-refractivity contribution is 0.315. The fourth-order valence-electron chi connectivity index (χ4n) is 3.12. The van der Waals surface area contributed by atoms with E-state index in [1.54, 1.807) is 31.3 Å². The summed E-state index contributed by atoms with van der Waals surface area (Å²) in [4.78, 5) is 6.91. The van der Waals surface area contributed by atoms with Gasteiger partial charge in [0.1, 0.15) is 12.4 Å². The van der Waals surface area contributed by atoms with Crippen LogP contribution < -0.4 is 10.1 Å². The molecule has 1 heterocycles. The van der Waals surface area contributed by atoms with E-state index in [0.717, 1.165) is 25.5 Å². The standard InChI is InChI=1S/C20H25N3O3S/c1-21-20(23-13-11-16-5-3-4-6-17(16)15-23)22-12-14-26-18-7-9-19(10-8-18)27(2,24)25/h3-10H,11-15H2,1-2H3,(H,21,22). The molecule has 0 saturated heterocycles. The first-order chi connectivity index (χ1) is 13.0. The predicted octanol–water partition coefficient (Wildman–Crippen LogP) is 2.10. The highest BCUT2D eigenvalue weighted by Gasteiger charge is 2.18. The number of aliphatic imine (C=N–C) groups is 1. The van der Waals surface area contributed by atoms with E-state index in [1.165, 1.54) is 17.4 Å². The topological polar surface area (TPSA) is 71.0 Å². The van der Waals surface area contributed by atoms with Crippen molar-refractivity contribution < 1.29 is 13.2 Å². The van der Waals surface area contributed by atoms with Gasteiger partial charge in [-0.15, -0.1) is 0 Å². The summed E-state index contributed by atoms with van der Waals surface area (Å²) in [5, 5.41) is 3.33. The molecule has 2 aromatic rings. The summed E-state index contributed by atoms with van der Waals surface area (Å²) in [6.45, 7) is 2.86. The van der Waals surface area contributed by atoms with Crippen LogP contribution in [0.4, 0.5) is 0 Å². The average Bonchev–Trinajstić information content (AvgIpc) is 2.67. The molecule has 7 heteroatoms. The number of guanidine groups is 1. The Kier molecular flexibility index (Phi) is 6.01. The third kappa shape index (κ3) is 5.01. The molecule has 2 aromatic carbocycles. The molecule has 0 unspecified atom stereocenters. The first-order valence-corrected chi connectivity index (χ1v) is 10.8. The zero-order chi connectivity index (χ0) is 19.3. The summed E-state index contributed by atoms with van der Waals surface area (Å²) in [6, 6.07) is 15.0. The predicted molar refractivity (Wildman–Crippen MR) is 107 cm³/mol. The highest BCUT2D eigenvalue weighted by molar-refractivity contribution is 7.90. The van der Waals surface area contributed by atoms with Crippen LogP contribution in [-0.4, -0.2) is 52.3 Å². The van der Waals surface area contributed by atoms with Crippen LogP contribution in [0.25, 0.3) is 0 Å². The van der Waals surface area contributed by atoms with Crippen molar-refractivity contribution >= 4 is 15.8 Å². The van der Waals surface area contributed by atoms with E-state index < -0.39 is 9.84 Å². The molecule has 0 aromatic heterocycles. The van der Waals surface area contributed by atoms with E-state index in [-0.39, 0.29) is 0 Å². The first-order valence-electron chi connectivity index (χ1n) is 8.92. The van der Waals surface area contributed by atoms with E-state index in [2.05, 4.69) is 39.5 Å². The molecule has 1 aliphatic heterocycles. The average molecular weight is 388 g/mol. The van der Waals surface area contributed by atoms with Crippen molar-refractivity contribution in [1.82, 2.24) is 10.2 Å². The molecule has 1 N–H and O–H groups in total. The summed E-state index contributed by atoms with van der Waals surface area (Å²) in [5.41, 5.74) is 2.75. The summed E-state index contributed by atoms with van der Waals surface area (Å²) in [6.07, 6.45) is 2.21. The zero-order valence-electron chi connectivity index (χ0n) is 15.7. The van der Waals surface area contributed by atoms with Crippen molar-refractivity contribution in [2.24, 2.45) is 4.99 Å². The fourth-order valence-corrected chi connectivity index (χ4v) is 3.75. The number of hydrogen-bond donors (Lipinski definition) is 1. The molecule has 0 amide bonds. The molecule has 144 valence electrons. The number of fused-ring (bicyclic) bond motifs is 1. The number of hydrogen-bond acceptors (Lipinski definition) is 4. The number of sulfone groups is 1. The van der Waals surface area contributed by atoms with Gasteiger partial charge in [0.05, 0.1) is 11.4 Å². The van der Waals surface area contributed by atoms with Gasteiger partial charge in [0.2, 0.25) is 0 Å². The lowest BCUT2D eigenvalue weighted by Crippen LogP contribution is -2.45. The number of benzene rings is 2. The van der Waals surface area contributed by atoms with Gasteiger partial charge >= 0.3 is 0 Å². The largest absolute Gasteiger partial charge is 0.492 e. The van der Waals surface area contributed by atoms with Crippen LogP contribution in [0.15, 0.2) is 58.4 Å². The minimum atomic E-state index is -3.18. The third-order valence-electron chi connectivity index (χ3n) is 4.55. The van der Waals surface area contributed by atoms with Crippen molar-refractivity contribution in [2.45, 2.75) is 17.9 Å². The molecule has 0 atom stereocenters. The molecule has 0 bridgehead atoms. The Morgan fingerprint density at radius 1 is 1.15 bits per heavy atom. The Labute approximate surface area is 160 Å². The molecule has 0 fully saturated rings. The molecule has 0 spiro atoms. The van der Waals surface area contributed by atoms with Crippen molar-refractivity contribution in [3.63, 3.8) is 0 Å². The van der Waals surface area contributed by atoms with Gasteiger partial charge in [-0.3, -0.25) is 4.99 Å². The number of nitrogens with one attached hydrogen (secondary N) is 1. The Morgan fingerprint density at radius 2 is 1.85 bits per heavy atom. The normalized spacial score (nSPS) is 14.6. The van der Waals surface area contributed by atoms with Gasteiger partial charge in [-0.2, -0.15) is 0 Å². The third-order valence-corrected chi connectivity index (χ3v) is 5.68. The maximum absolute atomic E-state index is 11.5. The summed E-state index contributed by atoms with van der Waals surface area (Å²) in [5.74, 6) is 1.51. The van der Waals surface area contributed by atoms with Gasteiger partial charge in [-0.25, -0.2) is 8.42 Å². The van der Waals surface area contributed by atoms with Crippen LogP contribution in [0.1, 0.15) is 11.1 Å². The second-order valence-corrected chi connectivity index (χ2v) is 8.52. The van der Waals surface area contributed by atoms with Crippen LogP contribution in [-0.2, 0) is 22.8 Å². The van der Waals surface area contributed by atoms with Crippen LogP contribution in [0, 0.1) is 0 Å². The maximum atomic E-state index is 11.5. The molecule has 0 radical (unpaired) electrons. The summed E-state index contributed by atoms with van der Waals surface area (Å²) >= 11 is 0. The van der Waals surface area contributed by atoms with Crippen molar-refractivity contribution in [1.29, 1.82) is 0 Å². The van der Waals surface area contributed by atoms with Crippen LogP contribution in [0.3, 0.4) is 0 Å². The van der Waals surface area contributed by atoms with E-state index in [4.69, 9.17) is 4.74 Å². The number of nitrogens with zero attached hydrogens (tertiary/aromatic N) is 2. The van der Waals surface area contributed by atoms with Crippen molar-refractivity contribution in [3.05, 3.63) is 59.7 Å². The van der Waals surface area contributed by atoms with Gasteiger partial charge in [-0.05, 0) is 41.8 Å². The summed E-state index contributed by atoms with van der Waals surface area (Å²) in [7, 11) is -1.40. The highest BCUT2D eigenvalue weighted by Crippen LogP contribution is 2.18. The van der Waals surface area contributed by atoms with E-state index in [9.17, 15) is 8.42 Å². The Balaban J connectivity index is 1.48. The first kappa shape index (κ1) is 19.2. The van der Waals surface area contributed by atoms with Crippen LogP contribution >= 0.6 is 0 Å². The Bertz CT molecular complexity index is 908. The van der Waals surface area contributed by atoms with E-state index in [0.29, 0.717) is 23.8 Å². The molecule has 3 rings (SSSR count). The number of ether oxygens (including phenoxy) is 1. The maximum Gasteiger partial charge on any atom is 0.194 e. The fraction of sp³-hybridized carbons (Fsp3) is 0.350. The minimum Gasteiger partial charge on any atom is -0.492 e. The molecule has 0 saturated carbocycles. The van der Waals surface area contributed by atoms with Gasteiger partial charge in [-0.1, -0.05) is 24.3 Å². The van der Waals surface area contributed by atoms with E-state index >= 15 is 0 Å². The van der Waals surface area contributed by atoms with Gasteiger partial charge in [0.25, 0.3) is 0 Å². The van der Waals surface area contributed by atoms with Crippen molar-refractivity contribution in [2.75, 3.05) is 33.0 Å². The Morgan fingerprint density at radius 3 is 2.52 bits per heavy atom.